The van der Waals surface area contributed by atoms with Gasteiger partial charge in [0.25, 0.3) is 0 Å². The Balaban J connectivity index is 2.14. The summed E-state index contributed by atoms with van der Waals surface area (Å²) in [5.41, 5.74) is 0.475. The van der Waals surface area contributed by atoms with Crippen molar-refractivity contribution in [1.29, 1.82) is 0 Å². The largest absolute Gasteiger partial charge is 0.477 e. The van der Waals surface area contributed by atoms with Crippen molar-refractivity contribution in [3.63, 3.8) is 0 Å². The maximum absolute atomic E-state index is 12.3. The van der Waals surface area contributed by atoms with Gasteiger partial charge in [0.05, 0.1) is 0 Å². The van der Waals surface area contributed by atoms with Gasteiger partial charge in [-0.2, -0.15) is 0 Å². The molecule has 6 nitrogen and oxygen atoms in total. The smallest absolute Gasteiger partial charge is 0.347 e. The molecule has 112 valence electrons. The molecule has 1 aromatic heterocycles. The van der Waals surface area contributed by atoms with E-state index in [9.17, 15) is 13.2 Å². The van der Waals surface area contributed by atoms with Crippen LogP contribution in [0.1, 0.15) is 21.7 Å². The van der Waals surface area contributed by atoms with Crippen LogP contribution in [-0.4, -0.2) is 51.1 Å². The molecule has 8 heteroatoms. The Kier molecular flexibility index (Phi) is 4.48. The Morgan fingerprint density at radius 3 is 2.85 bits per heavy atom. The maximum Gasteiger partial charge on any atom is 0.347 e. The molecular weight excluding hydrogens is 300 g/mol. The number of hydrogen-bond donors (Lipinski definition) is 2. The molecule has 0 amide bonds. The number of aryl methyl sites for hydroxylation is 1. The van der Waals surface area contributed by atoms with Gasteiger partial charge >= 0.3 is 5.97 Å². The van der Waals surface area contributed by atoms with Crippen molar-refractivity contribution in [2.75, 3.05) is 26.7 Å². The zero-order valence-corrected chi connectivity index (χ0v) is 13.1. The average molecular weight is 318 g/mol. The lowest BCUT2D eigenvalue weighted by Gasteiger charge is -2.12. The van der Waals surface area contributed by atoms with Crippen molar-refractivity contribution in [2.45, 2.75) is 18.2 Å². The van der Waals surface area contributed by atoms with E-state index < -0.39 is 16.0 Å². The number of sulfonamides is 1. The van der Waals surface area contributed by atoms with Gasteiger partial charge in [-0.1, -0.05) is 0 Å². The molecule has 1 aromatic rings. The number of carboxylic acid groups (broad SMARTS) is 1. The summed E-state index contributed by atoms with van der Waals surface area (Å²) in [7, 11) is -1.77. The summed E-state index contributed by atoms with van der Waals surface area (Å²) in [4.78, 5) is 13.0. The van der Waals surface area contributed by atoms with Crippen molar-refractivity contribution >= 4 is 27.3 Å². The molecule has 2 rings (SSSR count). The Morgan fingerprint density at radius 2 is 2.30 bits per heavy atom. The molecule has 2 heterocycles. The molecular formula is C12H18N2O4S2. The molecule has 0 radical (unpaired) electrons. The van der Waals surface area contributed by atoms with Gasteiger partial charge in [-0.15, -0.1) is 11.3 Å². The van der Waals surface area contributed by atoms with Crippen molar-refractivity contribution < 1.29 is 18.3 Å². The number of thiophene rings is 1. The first-order valence-corrected chi connectivity index (χ1v) is 8.67. The molecule has 1 atom stereocenters. The van der Waals surface area contributed by atoms with Gasteiger partial charge in [-0.25, -0.2) is 17.9 Å². The lowest BCUT2D eigenvalue weighted by Crippen LogP contribution is -2.31. The molecule has 0 aliphatic carbocycles. The number of carbonyl (C=O) groups is 1. The molecule has 1 fully saturated rings. The zero-order chi connectivity index (χ0) is 14.9. The number of aromatic carboxylic acids is 1. The van der Waals surface area contributed by atoms with E-state index in [1.165, 1.54) is 0 Å². The second-order valence-corrected chi connectivity index (χ2v) is 7.73. The van der Waals surface area contributed by atoms with Crippen molar-refractivity contribution in [1.82, 2.24) is 9.62 Å². The molecule has 1 unspecified atom stereocenters. The maximum atomic E-state index is 12.3. The summed E-state index contributed by atoms with van der Waals surface area (Å²) < 4.78 is 27.1. The predicted molar refractivity (Wildman–Crippen MR) is 76.8 cm³/mol. The fourth-order valence-corrected chi connectivity index (χ4v) is 5.15. The van der Waals surface area contributed by atoms with E-state index in [1.54, 1.807) is 12.3 Å². The zero-order valence-electron chi connectivity index (χ0n) is 11.4. The Bertz CT molecular complexity index is 609. The quantitative estimate of drug-likeness (QED) is 0.845. The number of hydrogen-bond acceptors (Lipinski definition) is 5. The molecule has 1 aliphatic heterocycles. The summed E-state index contributed by atoms with van der Waals surface area (Å²) in [6, 6.07) is 0. The second kappa shape index (κ2) is 5.80. The lowest BCUT2D eigenvalue weighted by molar-refractivity contribution is 0.0698. The van der Waals surface area contributed by atoms with Gasteiger partial charge in [0.15, 0.2) is 0 Å². The molecule has 20 heavy (non-hydrogen) atoms. The van der Waals surface area contributed by atoms with Gasteiger partial charge in [-0.3, -0.25) is 0 Å². The van der Waals surface area contributed by atoms with Crippen LogP contribution >= 0.6 is 11.3 Å². The summed E-state index contributed by atoms with van der Waals surface area (Å²) >= 11 is 0.943. The predicted octanol–water partition coefficient (Wildman–Crippen LogP) is 0.985. The fourth-order valence-electron chi connectivity index (χ4n) is 2.41. The molecule has 0 aromatic carbocycles. The van der Waals surface area contributed by atoms with Crippen LogP contribution in [0.3, 0.4) is 0 Å². The summed E-state index contributed by atoms with van der Waals surface area (Å²) in [5, 5.41) is 10.6. The van der Waals surface area contributed by atoms with Crippen LogP contribution in [-0.2, 0) is 10.0 Å². The highest BCUT2D eigenvalue weighted by molar-refractivity contribution is 7.89. The first-order valence-electron chi connectivity index (χ1n) is 6.31. The molecule has 0 spiro atoms. The minimum absolute atomic E-state index is 0.0960. The van der Waals surface area contributed by atoms with Gasteiger partial charge < -0.3 is 10.0 Å². The van der Waals surface area contributed by atoms with Gasteiger partial charge in [0.2, 0.25) is 10.0 Å². The number of rotatable bonds is 5. The van der Waals surface area contributed by atoms with Crippen LogP contribution < -0.4 is 4.72 Å². The van der Waals surface area contributed by atoms with E-state index in [1.807, 2.05) is 7.05 Å². The van der Waals surface area contributed by atoms with E-state index in [0.717, 1.165) is 30.8 Å². The lowest BCUT2D eigenvalue weighted by atomic mass is 10.1. The molecule has 1 saturated heterocycles. The summed E-state index contributed by atoms with van der Waals surface area (Å²) in [5.74, 6) is -0.925. The minimum atomic E-state index is -3.77. The van der Waals surface area contributed by atoms with Crippen molar-refractivity contribution in [3.8, 4) is 0 Å². The Hall–Kier alpha value is -0.960. The Morgan fingerprint density at radius 1 is 1.60 bits per heavy atom. The Labute approximate surface area is 122 Å². The normalized spacial score (nSPS) is 20.4. The van der Waals surface area contributed by atoms with Gasteiger partial charge in [0.1, 0.15) is 9.77 Å². The highest BCUT2D eigenvalue weighted by atomic mass is 32.2. The van der Waals surface area contributed by atoms with Crippen molar-refractivity contribution in [3.05, 3.63) is 15.8 Å². The number of nitrogens with one attached hydrogen (secondary N) is 1. The first-order chi connectivity index (χ1) is 9.31. The summed E-state index contributed by atoms with van der Waals surface area (Å²) in [6.45, 7) is 3.78. The van der Waals surface area contributed by atoms with Crippen LogP contribution in [0, 0.1) is 12.8 Å². The van der Waals surface area contributed by atoms with E-state index in [-0.39, 0.29) is 15.7 Å². The molecule has 2 N–H and O–H groups in total. The number of likely N-dealkylation sites (tertiary alicyclic amines) is 1. The third-order valence-corrected chi connectivity index (χ3v) is 6.26. The highest BCUT2D eigenvalue weighted by Gasteiger charge is 2.28. The number of nitrogens with zero attached hydrogens (tertiary/aromatic N) is 1. The average Bonchev–Trinajstić information content (AvgIpc) is 2.93. The van der Waals surface area contributed by atoms with Crippen LogP contribution in [0.15, 0.2) is 10.3 Å². The van der Waals surface area contributed by atoms with E-state index in [0.29, 0.717) is 12.1 Å². The molecule has 1 aliphatic rings. The fraction of sp³-hybridized carbons (Fsp3) is 0.583. The second-order valence-electron chi connectivity index (χ2n) is 5.15. The molecule has 0 saturated carbocycles. The standard InChI is InChI=1S/C12H18N2O4S2/c1-8-7-19-10(12(15)16)11(8)20(17,18)13-5-9-3-4-14(2)6-9/h7,9,13H,3-6H2,1-2H3,(H,15,16). The SMILES string of the molecule is Cc1csc(C(=O)O)c1S(=O)(=O)NCC1CCN(C)C1. The van der Waals surface area contributed by atoms with Crippen molar-refractivity contribution in [2.24, 2.45) is 5.92 Å². The first kappa shape index (κ1) is 15.4. The van der Waals surface area contributed by atoms with Crippen LogP contribution in [0.4, 0.5) is 0 Å². The van der Waals surface area contributed by atoms with Gasteiger partial charge in [-0.05, 0) is 43.8 Å². The van der Waals surface area contributed by atoms with E-state index >= 15 is 0 Å². The van der Waals surface area contributed by atoms with Crippen LogP contribution in [0.2, 0.25) is 0 Å². The minimum Gasteiger partial charge on any atom is -0.477 e. The van der Waals surface area contributed by atoms with Crippen LogP contribution in [0.25, 0.3) is 0 Å². The summed E-state index contributed by atoms with van der Waals surface area (Å²) in [6.07, 6.45) is 0.952. The highest BCUT2D eigenvalue weighted by Crippen LogP contribution is 2.27. The van der Waals surface area contributed by atoms with E-state index in [4.69, 9.17) is 5.11 Å². The van der Waals surface area contributed by atoms with E-state index in [2.05, 4.69) is 9.62 Å². The topological polar surface area (TPSA) is 86.7 Å². The number of carboxylic acids is 1. The monoisotopic (exact) mass is 318 g/mol. The molecule has 0 bridgehead atoms. The third-order valence-electron chi connectivity index (χ3n) is 3.43. The van der Waals surface area contributed by atoms with Crippen LogP contribution in [0.5, 0.6) is 0 Å². The van der Waals surface area contributed by atoms with Gasteiger partial charge in [0, 0.05) is 13.1 Å². The third kappa shape index (κ3) is 3.20.